The van der Waals surface area contributed by atoms with Gasteiger partial charge in [-0.3, -0.25) is 9.36 Å². The van der Waals surface area contributed by atoms with Crippen molar-refractivity contribution in [3.05, 3.63) is 80.4 Å². The summed E-state index contributed by atoms with van der Waals surface area (Å²) in [6.45, 7) is 4.80. The van der Waals surface area contributed by atoms with E-state index < -0.39 is 33.3 Å². The molecule has 0 fully saturated rings. The maximum Gasteiger partial charge on any atom is 0.264 e. The lowest BCUT2D eigenvalue weighted by Gasteiger charge is -2.15. The molecule has 0 amide bonds. The normalized spacial score (nSPS) is 12.1. The van der Waals surface area contributed by atoms with E-state index in [1.165, 1.54) is 19.9 Å². The largest absolute Gasteiger partial charge is 0.376 e. The molecule has 28 heavy (non-hydrogen) atoms. The molecular weight excluding hydrogens is 410 g/mol. The molecule has 0 aliphatic carbocycles. The molecule has 0 aliphatic rings. The van der Waals surface area contributed by atoms with E-state index >= 15 is 0 Å². The van der Waals surface area contributed by atoms with Gasteiger partial charge in [-0.05, 0) is 45.0 Å². The van der Waals surface area contributed by atoms with Crippen LogP contribution in [0.15, 0.2) is 46.1 Å². The number of benzene rings is 2. The molecule has 146 valence electrons. The first-order valence-corrected chi connectivity index (χ1v) is 9.57. The highest BCUT2D eigenvalue weighted by atomic mass is 35.5. The van der Waals surface area contributed by atoms with Crippen LogP contribution in [0.1, 0.15) is 17.0 Å². The molecule has 3 rings (SSSR count). The zero-order valence-electron chi connectivity index (χ0n) is 15.1. The molecule has 0 aliphatic heterocycles. The molecule has 1 heterocycles. The molecule has 0 spiro atoms. The number of halogens is 3. The van der Waals surface area contributed by atoms with Gasteiger partial charge >= 0.3 is 0 Å². The molecule has 5 nitrogen and oxygen atoms in total. The van der Waals surface area contributed by atoms with Gasteiger partial charge in [0.2, 0.25) is 17.0 Å². The minimum atomic E-state index is -1.88. The summed E-state index contributed by atoms with van der Waals surface area (Å²) in [5, 5.41) is -0.539. The fraction of sp³-hybridized carbons (Fsp3) is 0.158. The number of aromatic nitrogens is 2. The number of rotatable bonds is 4. The smallest absolute Gasteiger partial charge is 0.264 e. The first kappa shape index (κ1) is 20.2. The van der Waals surface area contributed by atoms with Crippen molar-refractivity contribution < 1.29 is 17.2 Å². The predicted molar refractivity (Wildman–Crippen MR) is 102 cm³/mol. The van der Waals surface area contributed by atoms with E-state index in [0.717, 1.165) is 16.2 Å². The quantitative estimate of drug-likeness (QED) is 0.589. The summed E-state index contributed by atoms with van der Waals surface area (Å²) in [5.74, 6) is -2.39. The fourth-order valence-electron chi connectivity index (χ4n) is 2.51. The molecule has 1 atom stereocenters. The minimum absolute atomic E-state index is 0.0480. The third-order valence-corrected chi connectivity index (χ3v) is 5.38. The van der Waals surface area contributed by atoms with E-state index in [9.17, 15) is 17.8 Å². The van der Waals surface area contributed by atoms with Gasteiger partial charge in [0, 0.05) is 0 Å². The Morgan fingerprint density at radius 3 is 2.36 bits per heavy atom. The van der Waals surface area contributed by atoms with Crippen LogP contribution in [0, 0.1) is 32.4 Å². The van der Waals surface area contributed by atoms with E-state index in [2.05, 4.69) is 4.98 Å². The van der Waals surface area contributed by atoms with Crippen molar-refractivity contribution in [2.75, 3.05) is 0 Å². The Morgan fingerprint density at radius 1 is 1.07 bits per heavy atom. The molecule has 1 aromatic heterocycles. The van der Waals surface area contributed by atoms with Crippen molar-refractivity contribution in [1.82, 2.24) is 9.55 Å². The zero-order valence-corrected chi connectivity index (χ0v) is 16.7. The van der Waals surface area contributed by atoms with Crippen LogP contribution in [0.3, 0.4) is 0 Å². The van der Waals surface area contributed by atoms with Crippen molar-refractivity contribution in [1.29, 1.82) is 0 Å². The molecule has 0 saturated heterocycles. The van der Waals surface area contributed by atoms with Crippen molar-refractivity contribution >= 4 is 22.7 Å². The van der Waals surface area contributed by atoms with Crippen molar-refractivity contribution in [2.24, 2.45) is 0 Å². The lowest BCUT2D eigenvalue weighted by Crippen LogP contribution is -2.26. The average Bonchev–Trinajstić information content (AvgIpc) is 2.66. The second kappa shape index (κ2) is 7.81. The molecule has 0 radical (unpaired) electrons. The van der Waals surface area contributed by atoms with E-state index in [1.807, 2.05) is 6.92 Å². The molecule has 3 aromatic rings. The van der Waals surface area contributed by atoms with Crippen molar-refractivity contribution in [2.45, 2.75) is 25.7 Å². The third-order valence-electron chi connectivity index (χ3n) is 4.06. The summed E-state index contributed by atoms with van der Waals surface area (Å²) in [6, 6.07) is 8.91. The maximum atomic E-state index is 13.8. The fourth-order valence-corrected chi connectivity index (χ4v) is 3.51. The molecule has 1 unspecified atom stereocenters. The minimum Gasteiger partial charge on any atom is -0.376 e. The van der Waals surface area contributed by atoms with Gasteiger partial charge in [0.05, 0.1) is 16.1 Å². The first-order chi connectivity index (χ1) is 13.2. The highest BCUT2D eigenvalue weighted by Crippen LogP contribution is 2.26. The van der Waals surface area contributed by atoms with Crippen molar-refractivity contribution in [3.63, 3.8) is 0 Å². The Labute approximate surface area is 167 Å². The van der Waals surface area contributed by atoms with Crippen LogP contribution in [-0.2, 0) is 11.1 Å². The number of aryl methyl sites for hydroxylation is 2. The highest BCUT2D eigenvalue weighted by Gasteiger charge is 2.20. The summed E-state index contributed by atoms with van der Waals surface area (Å²) >= 11 is 3.99. The Kier molecular flexibility index (Phi) is 5.62. The second-order valence-electron chi connectivity index (χ2n) is 6.06. The van der Waals surface area contributed by atoms with E-state index in [0.29, 0.717) is 4.90 Å². The van der Waals surface area contributed by atoms with Crippen LogP contribution in [0.25, 0.3) is 5.69 Å². The van der Waals surface area contributed by atoms with Crippen LogP contribution in [0.2, 0.25) is 5.02 Å². The summed E-state index contributed by atoms with van der Waals surface area (Å²) in [6.07, 6.45) is 0. The third kappa shape index (κ3) is 3.70. The van der Waals surface area contributed by atoms with Crippen LogP contribution in [0.5, 0.6) is 5.88 Å². The number of nitrogens with zero attached hydrogens (tertiary/aromatic N) is 2. The molecule has 9 heteroatoms. The lowest BCUT2D eigenvalue weighted by molar-refractivity contribution is 0.507. The van der Waals surface area contributed by atoms with Crippen LogP contribution in [0.4, 0.5) is 8.78 Å². The molecule has 0 bridgehead atoms. The summed E-state index contributed by atoms with van der Waals surface area (Å²) < 4.78 is 46.0. The lowest BCUT2D eigenvalue weighted by atomic mass is 10.2. The van der Waals surface area contributed by atoms with Gasteiger partial charge in [0.1, 0.15) is 10.8 Å². The molecule has 0 N–H and O–H groups in total. The van der Waals surface area contributed by atoms with Crippen LogP contribution < -0.4 is 9.74 Å². The maximum absolute atomic E-state index is 13.8. The standard InChI is InChI=1S/C19H15ClF2N2O3S/c1-10-4-6-13(7-5-10)28(26)27-18-11(2)19(25)24(12(3)23-18)15-9-8-14(21)17(22)16(15)20/h4-9H,1-3H3. The van der Waals surface area contributed by atoms with Crippen molar-refractivity contribution in [3.8, 4) is 11.6 Å². The van der Waals surface area contributed by atoms with Gasteiger partial charge in [-0.15, -0.1) is 0 Å². The van der Waals surface area contributed by atoms with E-state index in [-0.39, 0.29) is 23.0 Å². The van der Waals surface area contributed by atoms with E-state index in [1.54, 1.807) is 24.3 Å². The first-order valence-electron chi connectivity index (χ1n) is 8.11. The Balaban J connectivity index is 2.04. The summed E-state index contributed by atoms with van der Waals surface area (Å²) in [4.78, 5) is 17.4. The van der Waals surface area contributed by atoms with Gasteiger partial charge < -0.3 is 4.18 Å². The number of hydrogen-bond acceptors (Lipinski definition) is 4. The Bertz CT molecular complexity index is 1150. The van der Waals surface area contributed by atoms with E-state index in [4.69, 9.17) is 15.8 Å². The van der Waals surface area contributed by atoms with Gasteiger partial charge in [-0.25, -0.2) is 13.0 Å². The molecule has 2 aromatic carbocycles. The van der Waals surface area contributed by atoms with Gasteiger partial charge in [0.15, 0.2) is 11.6 Å². The van der Waals surface area contributed by atoms with Crippen LogP contribution in [-0.4, -0.2) is 13.8 Å². The van der Waals surface area contributed by atoms with Crippen LogP contribution >= 0.6 is 11.6 Å². The monoisotopic (exact) mass is 424 g/mol. The summed E-state index contributed by atoms with van der Waals surface area (Å²) in [5.41, 5.74) is 0.393. The predicted octanol–water partition coefficient (Wildman–Crippen LogP) is 4.19. The second-order valence-corrected chi connectivity index (χ2v) is 7.54. The molecular formula is C19H15ClF2N2O3S. The highest BCUT2D eigenvalue weighted by molar-refractivity contribution is 7.80. The average molecular weight is 425 g/mol. The SMILES string of the molecule is Cc1ccc(S(=O)Oc2nc(C)n(-c3ccc(F)c(F)c3Cl)c(=O)c2C)cc1. The Hall–Kier alpha value is -2.58. The van der Waals surface area contributed by atoms with Gasteiger partial charge in [-0.2, -0.15) is 4.98 Å². The summed E-state index contributed by atoms with van der Waals surface area (Å²) in [7, 11) is 0. The van der Waals surface area contributed by atoms with Gasteiger partial charge in [-0.1, -0.05) is 29.3 Å². The molecule has 0 saturated carbocycles. The zero-order chi connectivity index (χ0) is 20.6. The number of hydrogen-bond donors (Lipinski definition) is 0. The Morgan fingerprint density at radius 2 is 1.71 bits per heavy atom. The topological polar surface area (TPSA) is 61.2 Å². The van der Waals surface area contributed by atoms with Gasteiger partial charge in [0.25, 0.3) is 5.56 Å².